The largest absolute Gasteiger partial charge is 0.417 e. The van der Waals surface area contributed by atoms with Crippen LogP contribution in [-0.2, 0) is 40.5 Å². The molecule has 3 aliphatic rings. The van der Waals surface area contributed by atoms with Crippen LogP contribution in [0.25, 0.3) is 11.3 Å². The van der Waals surface area contributed by atoms with Gasteiger partial charge in [-0.25, -0.2) is 12.8 Å². The van der Waals surface area contributed by atoms with Crippen LogP contribution < -0.4 is 5.73 Å². The van der Waals surface area contributed by atoms with E-state index < -0.39 is 34.0 Å². The average Bonchev–Trinajstić information content (AvgIpc) is 3.54. The summed E-state index contributed by atoms with van der Waals surface area (Å²) in [6.45, 7) is 3.25. The smallest absolute Gasteiger partial charge is 0.390 e. The topological polar surface area (TPSA) is 125 Å². The zero-order valence-corrected chi connectivity index (χ0v) is 26.8. The molecule has 3 aliphatic heterocycles. The van der Waals surface area contributed by atoms with Crippen molar-refractivity contribution in [3.05, 3.63) is 35.0 Å². The van der Waals surface area contributed by atoms with Crippen LogP contribution >= 0.6 is 11.8 Å². The Balaban J connectivity index is 1.40. The number of carbonyl (C=O) groups excluding carboxylic acids is 1. The number of nitrogens with two attached hydrogens (primary N) is 1. The van der Waals surface area contributed by atoms with Crippen LogP contribution in [0.4, 0.5) is 17.6 Å². The van der Waals surface area contributed by atoms with Gasteiger partial charge in [-0.05, 0) is 44.5 Å². The number of benzene rings is 1. The van der Waals surface area contributed by atoms with E-state index in [9.17, 15) is 35.9 Å². The fourth-order valence-corrected chi connectivity index (χ4v) is 8.29. The summed E-state index contributed by atoms with van der Waals surface area (Å²) in [6.07, 6.45) is -3.21. The van der Waals surface area contributed by atoms with Gasteiger partial charge in [0.05, 0.1) is 30.2 Å². The van der Waals surface area contributed by atoms with Crippen molar-refractivity contribution in [1.82, 2.24) is 23.9 Å². The lowest BCUT2D eigenvalue weighted by molar-refractivity contribution is -0.139. The number of hydrogen-bond acceptors (Lipinski definition) is 8. The Hall–Kier alpha value is -2.24. The first-order valence-electron chi connectivity index (χ1n) is 15.1. The number of β-amino-alcohol motifs (C(OH)–C–C–N with tert-alkyl or cyclic N) is 1. The summed E-state index contributed by atoms with van der Waals surface area (Å²) in [6, 6.07) is 3.83. The van der Waals surface area contributed by atoms with Gasteiger partial charge in [-0.1, -0.05) is 6.07 Å². The second-order valence-electron chi connectivity index (χ2n) is 12.2. The maximum Gasteiger partial charge on any atom is 0.417 e. The summed E-state index contributed by atoms with van der Waals surface area (Å²) in [7, 11) is -3.55. The first-order valence-corrected chi connectivity index (χ1v) is 18.0. The third-order valence-corrected chi connectivity index (χ3v) is 11.1. The lowest BCUT2D eigenvalue weighted by atomic mass is 9.96. The van der Waals surface area contributed by atoms with E-state index in [1.807, 2.05) is 4.90 Å². The van der Waals surface area contributed by atoms with Crippen molar-refractivity contribution < 1.29 is 35.9 Å². The Morgan fingerprint density at radius 2 is 1.84 bits per heavy atom. The number of aromatic nitrogens is 2. The third-order valence-electron chi connectivity index (χ3n) is 8.85. The van der Waals surface area contributed by atoms with Crippen LogP contribution in [0.5, 0.6) is 0 Å². The van der Waals surface area contributed by atoms with Gasteiger partial charge in [0.1, 0.15) is 6.17 Å². The highest BCUT2D eigenvalue weighted by Gasteiger charge is 2.35. The zero-order valence-electron chi connectivity index (χ0n) is 25.2. The normalized spacial score (nSPS) is 21.7. The fraction of sp³-hybridized carbons (Fsp3) is 0.655. The standard InChI is InChI=1S/C29H40F4N6O4S2/c1-45(42,43)38-11-7-25-23(18-38)27(35-39(25)17-22(40)16-36-8-4-19(5-9-36)28(34)41)20-2-3-24(29(31,32)33)26(14-20)44-13-12-37-10-6-21(30)15-37/h2-3,14,19,21-22,40H,4-13,15-18H2,1H3,(H2,34,41). The molecule has 1 aromatic carbocycles. The molecule has 2 atom stereocenters. The molecule has 0 aliphatic carbocycles. The number of sulfonamides is 1. The second-order valence-corrected chi connectivity index (χ2v) is 15.3. The summed E-state index contributed by atoms with van der Waals surface area (Å²) in [4.78, 5) is 15.5. The molecule has 3 N–H and O–H groups in total. The van der Waals surface area contributed by atoms with E-state index in [-0.39, 0.29) is 42.9 Å². The summed E-state index contributed by atoms with van der Waals surface area (Å²) in [5.74, 6) is -0.150. The fourth-order valence-electron chi connectivity index (χ4n) is 6.38. The van der Waals surface area contributed by atoms with Gasteiger partial charge in [-0.3, -0.25) is 14.4 Å². The molecule has 16 heteroatoms. The predicted octanol–water partition coefficient (Wildman–Crippen LogP) is 2.58. The Bertz CT molecular complexity index is 1480. The van der Waals surface area contributed by atoms with E-state index in [1.165, 1.54) is 16.4 Å². The van der Waals surface area contributed by atoms with Gasteiger partial charge in [0, 0.05) is 79.1 Å². The number of hydrogen-bond donors (Lipinski definition) is 2. The van der Waals surface area contributed by atoms with Gasteiger partial charge in [-0.15, -0.1) is 11.8 Å². The minimum atomic E-state index is -4.58. The van der Waals surface area contributed by atoms with Crippen LogP contribution in [0.15, 0.2) is 23.1 Å². The number of alkyl halides is 4. The number of primary amides is 1. The van der Waals surface area contributed by atoms with Crippen LogP contribution in [0, 0.1) is 5.92 Å². The van der Waals surface area contributed by atoms with Crippen molar-refractivity contribution in [2.24, 2.45) is 11.7 Å². The highest BCUT2D eigenvalue weighted by atomic mass is 32.2. The summed E-state index contributed by atoms with van der Waals surface area (Å²) < 4.78 is 83.4. The van der Waals surface area contributed by atoms with E-state index in [4.69, 9.17) is 10.8 Å². The SMILES string of the molecule is CS(=O)(=O)N1CCc2c(c(-c3ccc(C(F)(F)F)c(SCCN4CCC(F)C4)c3)nn2CC(O)CN2CCC(C(N)=O)CC2)C1. The molecule has 1 aromatic heterocycles. The van der Waals surface area contributed by atoms with Gasteiger partial charge in [-0.2, -0.15) is 22.6 Å². The lowest BCUT2D eigenvalue weighted by Crippen LogP contribution is -2.43. The average molecular weight is 677 g/mol. The number of halogens is 4. The number of aliphatic hydroxyl groups excluding tert-OH is 1. The minimum Gasteiger partial charge on any atom is -0.390 e. The quantitative estimate of drug-likeness (QED) is 0.275. The molecule has 250 valence electrons. The second kappa shape index (κ2) is 13.9. The first-order chi connectivity index (χ1) is 21.2. The van der Waals surface area contributed by atoms with Crippen molar-refractivity contribution in [3.63, 3.8) is 0 Å². The van der Waals surface area contributed by atoms with Gasteiger partial charge in [0.25, 0.3) is 0 Å². The molecule has 5 rings (SSSR count). The van der Waals surface area contributed by atoms with Gasteiger partial charge < -0.3 is 15.7 Å². The molecule has 2 saturated heterocycles. The van der Waals surface area contributed by atoms with E-state index >= 15 is 0 Å². The molecule has 45 heavy (non-hydrogen) atoms. The van der Waals surface area contributed by atoms with Crippen molar-refractivity contribution in [2.75, 3.05) is 57.8 Å². The number of thioether (sulfide) groups is 1. The summed E-state index contributed by atoms with van der Waals surface area (Å²) in [5.41, 5.74) is 6.79. The summed E-state index contributed by atoms with van der Waals surface area (Å²) in [5, 5.41) is 15.8. The molecule has 2 aromatic rings. The molecule has 0 saturated carbocycles. The van der Waals surface area contributed by atoms with E-state index in [0.29, 0.717) is 81.0 Å². The number of aliphatic hydroxyl groups is 1. The number of nitrogens with zero attached hydrogens (tertiary/aromatic N) is 5. The number of fused-ring (bicyclic) bond motifs is 1. The molecular formula is C29H40F4N6O4S2. The number of rotatable bonds is 11. The zero-order chi connectivity index (χ0) is 32.5. The third kappa shape index (κ3) is 8.38. The Kier molecular flexibility index (Phi) is 10.5. The molecule has 0 spiro atoms. The minimum absolute atomic E-state index is 0.0169. The first kappa shape index (κ1) is 34.1. The van der Waals surface area contributed by atoms with Gasteiger partial charge in [0.2, 0.25) is 15.9 Å². The van der Waals surface area contributed by atoms with E-state index in [2.05, 4.69) is 4.90 Å². The maximum atomic E-state index is 14.0. The number of piperidine rings is 1. The molecule has 0 bridgehead atoms. The van der Waals surface area contributed by atoms with Crippen molar-refractivity contribution in [3.8, 4) is 11.3 Å². The van der Waals surface area contributed by atoms with Crippen molar-refractivity contribution in [2.45, 2.75) is 62.1 Å². The molecule has 1 amide bonds. The number of carbonyl (C=O) groups is 1. The highest BCUT2D eigenvalue weighted by molar-refractivity contribution is 7.99. The lowest BCUT2D eigenvalue weighted by Gasteiger charge is -2.32. The molecule has 4 heterocycles. The van der Waals surface area contributed by atoms with Crippen LogP contribution in [0.3, 0.4) is 0 Å². The molecular weight excluding hydrogens is 636 g/mol. The van der Waals surface area contributed by atoms with Crippen LogP contribution in [0.1, 0.15) is 36.1 Å². The molecule has 2 fully saturated rings. The molecule has 0 radical (unpaired) electrons. The van der Waals surface area contributed by atoms with E-state index in [1.54, 1.807) is 4.68 Å². The van der Waals surface area contributed by atoms with Gasteiger partial charge in [0.15, 0.2) is 0 Å². The maximum absolute atomic E-state index is 14.0. The molecule has 10 nitrogen and oxygen atoms in total. The van der Waals surface area contributed by atoms with Crippen LogP contribution in [-0.4, -0.2) is 113 Å². The van der Waals surface area contributed by atoms with Crippen molar-refractivity contribution in [1.29, 1.82) is 0 Å². The Morgan fingerprint density at radius 1 is 1.13 bits per heavy atom. The van der Waals surface area contributed by atoms with E-state index in [0.717, 1.165) is 29.8 Å². The highest BCUT2D eigenvalue weighted by Crippen LogP contribution is 2.40. The molecule has 2 unspecified atom stereocenters. The van der Waals surface area contributed by atoms with Crippen molar-refractivity contribution >= 4 is 27.7 Å². The van der Waals surface area contributed by atoms with Gasteiger partial charge >= 0.3 is 6.18 Å². The number of amides is 1. The predicted molar refractivity (Wildman–Crippen MR) is 163 cm³/mol. The Morgan fingerprint density at radius 3 is 2.47 bits per heavy atom. The Labute approximate surface area is 264 Å². The monoisotopic (exact) mass is 676 g/mol. The van der Waals surface area contributed by atoms with Crippen LogP contribution in [0.2, 0.25) is 0 Å². The number of likely N-dealkylation sites (tertiary alicyclic amines) is 2. The summed E-state index contributed by atoms with van der Waals surface area (Å²) >= 11 is 1.05.